The van der Waals surface area contributed by atoms with Crippen LogP contribution in [-0.2, 0) is 0 Å². The molecule has 17 heavy (non-hydrogen) atoms. The van der Waals surface area contributed by atoms with Gasteiger partial charge in [-0.2, -0.15) is 0 Å². The Hall–Kier alpha value is -1.36. The van der Waals surface area contributed by atoms with Crippen molar-refractivity contribution < 1.29 is 9.21 Å². The molecule has 2 atom stereocenters. The Kier molecular flexibility index (Phi) is 3.19. The molecule has 1 N–H and O–H groups in total. The number of oxazole rings is 1. The normalized spacial score (nSPS) is 25.1. The van der Waals surface area contributed by atoms with Gasteiger partial charge in [0.15, 0.2) is 5.89 Å². The first kappa shape index (κ1) is 12.1. The van der Waals surface area contributed by atoms with Crippen molar-refractivity contribution in [3.05, 3.63) is 17.3 Å². The summed E-state index contributed by atoms with van der Waals surface area (Å²) in [6, 6.07) is 0.624. The molecule has 2 heterocycles. The molecule has 0 saturated carbocycles. The molecule has 5 heteroatoms. The fourth-order valence-electron chi connectivity index (χ4n) is 2.37. The van der Waals surface area contributed by atoms with E-state index in [1.54, 1.807) is 13.8 Å². The van der Waals surface area contributed by atoms with Crippen molar-refractivity contribution in [2.24, 2.45) is 0 Å². The van der Waals surface area contributed by atoms with Crippen LogP contribution >= 0.6 is 0 Å². The summed E-state index contributed by atoms with van der Waals surface area (Å²) in [7, 11) is 0. The van der Waals surface area contributed by atoms with Gasteiger partial charge in [-0.1, -0.05) is 0 Å². The summed E-state index contributed by atoms with van der Waals surface area (Å²) in [4.78, 5) is 18.3. The minimum Gasteiger partial charge on any atom is -0.436 e. The fraction of sp³-hybridized carbons (Fsp3) is 0.667. The van der Waals surface area contributed by atoms with Crippen LogP contribution in [0.15, 0.2) is 4.42 Å². The summed E-state index contributed by atoms with van der Waals surface area (Å²) in [6.07, 6.45) is 0. The van der Waals surface area contributed by atoms with Gasteiger partial charge in [0.1, 0.15) is 0 Å². The highest BCUT2D eigenvalue weighted by atomic mass is 16.4. The second kappa shape index (κ2) is 4.49. The van der Waals surface area contributed by atoms with Gasteiger partial charge in [0, 0.05) is 32.1 Å². The van der Waals surface area contributed by atoms with E-state index in [0.29, 0.717) is 42.5 Å². The zero-order chi connectivity index (χ0) is 12.6. The zero-order valence-corrected chi connectivity index (χ0v) is 10.8. The van der Waals surface area contributed by atoms with Gasteiger partial charge in [-0.3, -0.25) is 4.79 Å². The lowest BCUT2D eigenvalue weighted by molar-refractivity contribution is 0.0639. The third-order valence-electron chi connectivity index (χ3n) is 2.94. The van der Waals surface area contributed by atoms with Crippen molar-refractivity contribution >= 4 is 5.91 Å². The molecule has 0 bridgehead atoms. The Labute approximate surface area is 101 Å². The molecule has 1 saturated heterocycles. The summed E-state index contributed by atoms with van der Waals surface area (Å²) >= 11 is 0. The van der Waals surface area contributed by atoms with E-state index in [0.717, 1.165) is 0 Å². The molecule has 0 spiro atoms. The van der Waals surface area contributed by atoms with Crippen LogP contribution in [0, 0.1) is 13.8 Å². The molecule has 94 valence electrons. The van der Waals surface area contributed by atoms with E-state index >= 15 is 0 Å². The van der Waals surface area contributed by atoms with Crippen LogP contribution in [-0.4, -0.2) is 41.0 Å². The number of piperazine rings is 1. The lowest BCUT2D eigenvalue weighted by atomic mass is 10.1. The van der Waals surface area contributed by atoms with Crippen molar-refractivity contribution in [2.45, 2.75) is 39.8 Å². The molecular weight excluding hydrogens is 218 g/mol. The average molecular weight is 237 g/mol. The topological polar surface area (TPSA) is 58.4 Å². The van der Waals surface area contributed by atoms with Crippen LogP contribution in [0.2, 0.25) is 0 Å². The molecule has 1 aromatic rings. The van der Waals surface area contributed by atoms with Crippen LogP contribution in [0.5, 0.6) is 0 Å². The number of rotatable bonds is 1. The van der Waals surface area contributed by atoms with E-state index in [-0.39, 0.29) is 5.91 Å². The lowest BCUT2D eigenvalue weighted by Gasteiger charge is -2.35. The van der Waals surface area contributed by atoms with E-state index in [1.165, 1.54) is 0 Å². The number of carbonyl (C=O) groups excluding carboxylic acids is 1. The van der Waals surface area contributed by atoms with Crippen molar-refractivity contribution in [2.75, 3.05) is 13.1 Å². The maximum atomic E-state index is 12.3. The first-order valence-corrected chi connectivity index (χ1v) is 5.96. The maximum absolute atomic E-state index is 12.3. The van der Waals surface area contributed by atoms with Gasteiger partial charge in [-0.25, -0.2) is 4.98 Å². The second-order valence-corrected chi connectivity index (χ2v) is 4.83. The number of hydrogen-bond acceptors (Lipinski definition) is 4. The van der Waals surface area contributed by atoms with Gasteiger partial charge in [-0.15, -0.1) is 0 Å². The SMILES string of the molecule is Cc1nc(C)c(C(=O)N2C[C@@H](C)N[C@@H](C)C2)o1. The van der Waals surface area contributed by atoms with Crippen molar-refractivity contribution in [3.8, 4) is 0 Å². The van der Waals surface area contributed by atoms with Gasteiger partial charge >= 0.3 is 0 Å². The van der Waals surface area contributed by atoms with E-state index in [4.69, 9.17) is 4.42 Å². The van der Waals surface area contributed by atoms with E-state index < -0.39 is 0 Å². The minimum absolute atomic E-state index is 0.0525. The van der Waals surface area contributed by atoms with Gasteiger partial charge in [0.2, 0.25) is 5.76 Å². The molecule has 0 aliphatic carbocycles. The van der Waals surface area contributed by atoms with Gasteiger partial charge < -0.3 is 14.6 Å². The summed E-state index contributed by atoms with van der Waals surface area (Å²) in [5, 5.41) is 3.40. The van der Waals surface area contributed by atoms with Crippen LogP contribution < -0.4 is 5.32 Å². The molecule has 1 aliphatic heterocycles. The van der Waals surface area contributed by atoms with Crippen molar-refractivity contribution in [1.29, 1.82) is 0 Å². The van der Waals surface area contributed by atoms with Crippen LogP contribution in [0.25, 0.3) is 0 Å². The van der Waals surface area contributed by atoms with Crippen molar-refractivity contribution in [1.82, 2.24) is 15.2 Å². The summed E-state index contributed by atoms with van der Waals surface area (Å²) in [6.45, 7) is 9.14. The maximum Gasteiger partial charge on any atom is 0.291 e. The van der Waals surface area contributed by atoms with Crippen LogP contribution in [0.4, 0.5) is 0 Å². The average Bonchev–Trinajstić information content (AvgIpc) is 2.55. The molecular formula is C12H19N3O2. The summed E-state index contributed by atoms with van der Waals surface area (Å²) < 4.78 is 5.38. The molecule has 5 nitrogen and oxygen atoms in total. The van der Waals surface area contributed by atoms with E-state index in [9.17, 15) is 4.79 Å². The third kappa shape index (κ3) is 2.49. The number of nitrogens with one attached hydrogen (secondary N) is 1. The Morgan fingerprint density at radius 3 is 2.41 bits per heavy atom. The highest BCUT2D eigenvalue weighted by molar-refractivity contribution is 5.92. The monoisotopic (exact) mass is 237 g/mol. The Balaban J connectivity index is 2.17. The largest absolute Gasteiger partial charge is 0.436 e. The number of aromatic nitrogens is 1. The minimum atomic E-state index is -0.0525. The smallest absolute Gasteiger partial charge is 0.291 e. The Morgan fingerprint density at radius 1 is 1.35 bits per heavy atom. The quantitative estimate of drug-likeness (QED) is 0.795. The number of nitrogens with zero attached hydrogens (tertiary/aromatic N) is 2. The molecule has 1 aliphatic rings. The Bertz CT molecular complexity index is 417. The molecule has 1 amide bonds. The van der Waals surface area contributed by atoms with E-state index in [2.05, 4.69) is 24.1 Å². The lowest BCUT2D eigenvalue weighted by Crippen LogP contribution is -2.55. The van der Waals surface area contributed by atoms with Gasteiger partial charge in [0.25, 0.3) is 5.91 Å². The van der Waals surface area contributed by atoms with Crippen LogP contribution in [0.3, 0.4) is 0 Å². The Morgan fingerprint density at radius 2 is 1.94 bits per heavy atom. The highest BCUT2D eigenvalue weighted by Gasteiger charge is 2.28. The first-order chi connectivity index (χ1) is 7.97. The predicted molar refractivity (Wildman–Crippen MR) is 63.9 cm³/mol. The first-order valence-electron chi connectivity index (χ1n) is 5.96. The number of aryl methyl sites for hydroxylation is 2. The zero-order valence-electron chi connectivity index (χ0n) is 10.8. The third-order valence-corrected chi connectivity index (χ3v) is 2.94. The molecule has 1 aromatic heterocycles. The van der Waals surface area contributed by atoms with Gasteiger partial charge in [-0.05, 0) is 20.8 Å². The molecule has 0 radical (unpaired) electrons. The molecule has 0 aromatic carbocycles. The van der Waals surface area contributed by atoms with Crippen molar-refractivity contribution in [3.63, 3.8) is 0 Å². The summed E-state index contributed by atoms with van der Waals surface area (Å²) in [5.74, 6) is 0.870. The predicted octanol–water partition coefficient (Wildman–Crippen LogP) is 1.11. The molecule has 0 unspecified atom stereocenters. The highest BCUT2D eigenvalue weighted by Crippen LogP contribution is 2.15. The van der Waals surface area contributed by atoms with E-state index in [1.807, 2.05) is 4.90 Å². The number of carbonyl (C=O) groups is 1. The number of amides is 1. The second-order valence-electron chi connectivity index (χ2n) is 4.83. The summed E-state index contributed by atoms with van der Waals surface area (Å²) in [5.41, 5.74) is 0.673. The standard InChI is InChI=1S/C12H19N3O2/c1-7-5-15(6-8(2)13-7)12(16)11-9(3)14-10(4)17-11/h7-8,13H,5-6H2,1-4H3/t7-,8+. The molecule has 2 rings (SSSR count). The number of hydrogen-bond donors (Lipinski definition) is 1. The fourth-order valence-corrected chi connectivity index (χ4v) is 2.37. The molecule has 1 fully saturated rings. The van der Waals surface area contributed by atoms with Crippen LogP contribution in [0.1, 0.15) is 36.0 Å². The van der Waals surface area contributed by atoms with Gasteiger partial charge in [0.05, 0.1) is 5.69 Å².